The minimum Gasteiger partial charge on any atom is -0.508 e. The summed E-state index contributed by atoms with van der Waals surface area (Å²) >= 11 is 0. The Bertz CT molecular complexity index is 2320. The molecule has 11 nitrogen and oxygen atoms in total. The van der Waals surface area contributed by atoms with Crippen molar-refractivity contribution in [3.8, 4) is 11.5 Å². The van der Waals surface area contributed by atoms with E-state index in [0.29, 0.717) is 55.1 Å². The first-order chi connectivity index (χ1) is 29.2. The molecule has 1 aliphatic carbocycles. The first kappa shape index (κ1) is 38.6. The molecule has 6 aliphatic heterocycles. The molecule has 12 heteroatoms. The number of carbonyl (C=O) groups is 4. The summed E-state index contributed by atoms with van der Waals surface area (Å²) in [4.78, 5) is 58.6. The number of nitrogens with zero attached hydrogens (tertiary/aromatic N) is 4. The first-order valence-electron chi connectivity index (χ1n) is 21.6. The van der Waals surface area contributed by atoms with Gasteiger partial charge in [-0.25, -0.2) is 4.39 Å². The predicted molar refractivity (Wildman–Crippen MR) is 223 cm³/mol. The Balaban J connectivity index is 0.697. The number of piperazine rings is 1. The molecule has 0 saturated carbocycles. The van der Waals surface area contributed by atoms with E-state index in [2.05, 4.69) is 75.8 Å². The third-order valence-corrected chi connectivity index (χ3v) is 14.1. The van der Waals surface area contributed by atoms with Gasteiger partial charge in [0, 0.05) is 50.6 Å². The van der Waals surface area contributed by atoms with E-state index in [9.17, 15) is 24.3 Å². The summed E-state index contributed by atoms with van der Waals surface area (Å²) in [6.07, 6.45) is 5.37. The molecule has 7 aliphatic rings. The van der Waals surface area contributed by atoms with Gasteiger partial charge in [0.1, 0.15) is 30.0 Å². The van der Waals surface area contributed by atoms with Crippen LogP contribution < -0.4 is 15.0 Å². The van der Waals surface area contributed by atoms with Crippen LogP contribution in [0.15, 0.2) is 84.9 Å². The molecule has 310 valence electrons. The molecule has 2 N–H and O–H groups in total. The van der Waals surface area contributed by atoms with Crippen molar-refractivity contribution in [3.63, 3.8) is 0 Å². The minimum absolute atomic E-state index is 0.0312. The molecule has 6 heterocycles. The van der Waals surface area contributed by atoms with Gasteiger partial charge in [-0.05, 0) is 122 Å². The maximum absolute atomic E-state index is 15.6. The van der Waals surface area contributed by atoms with Crippen molar-refractivity contribution in [1.82, 2.24) is 20.0 Å². The van der Waals surface area contributed by atoms with Gasteiger partial charge in [0.2, 0.25) is 11.8 Å². The van der Waals surface area contributed by atoms with Crippen molar-refractivity contribution in [3.05, 3.63) is 124 Å². The number of aromatic hydroxyl groups is 1. The SMILES string of the molecule is O=C1CCC(N2C(=O)c3cc(F)c(N4CC5CC(C4)N5CC4CCN(CCOc5ccc([C@@H]6c7ccc(O)cc7CC[C@@H]6c6ccccc6)cc5)CC4)cc3C2=O)C(=O)N1. The van der Waals surface area contributed by atoms with Crippen LogP contribution in [0.4, 0.5) is 10.1 Å². The van der Waals surface area contributed by atoms with Crippen LogP contribution in [-0.4, -0.2) is 107 Å². The van der Waals surface area contributed by atoms with E-state index in [4.69, 9.17) is 4.74 Å². The van der Waals surface area contributed by atoms with Gasteiger partial charge in [0.05, 0.1) is 16.8 Å². The molecule has 5 fully saturated rings. The van der Waals surface area contributed by atoms with Gasteiger partial charge < -0.3 is 14.7 Å². The Labute approximate surface area is 349 Å². The van der Waals surface area contributed by atoms with Crippen molar-refractivity contribution in [2.45, 2.75) is 74.9 Å². The summed E-state index contributed by atoms with van der Waals surface area (Å²) < 4.78 is 21.9. The van der Waals surface area contributed by atoms with Gasteiger partial charge in [0.15, 0.2) is 0 Å². The molecular formula is C48H50FN5O6. The Kier molecular flexibility index (Phi) is 10.2. The van der Waals surface area contributed by atoms with Crippen molar-refractivity contribution in [2.24, 2.45) is 5.92 Å². The molecule has 0 spiro atoms. The molecule has 5 saturated heterocycles. The lowest BCUT2D eigenvalue weighted by molar-refractivity contribution is -0.136. The second-order valence-corrected chi connectivity index (χ2v) is 17.6. The lowest BCUT2D eigenvalue weighted by Gasteiger charge is -2.58. The molecular weight excluding hydrogens is 762 g/mol. The summed E-state index contributed by atoms with van der Waals surface area (Å²) in [7, 11) is 0. The highest BCUT2D eigenvalue weighted by atomic mass is 19.1. The minimum atomic E-state index is -1.08. The van der Waals surface area contributed by atoms with Crippen molar-refractivity contribution < 1.29 is 33.4 Å². The summed E-state index contributed by atoms with van der Waals surface area (Å²) in [6.45, 7) is 5.88. The zero-order chi connectivity index (χ0) is 41.1. The van der Waals surface area contributed by atoms with Gasteiger partial charge in [0.25, 0.3) is 11.8 Å². The number of carbonyl (C=O) groups excluding carboxylic acids is 4. The van der Waals surface area contributed by atoms with E-state index < -0.39 is 35.5 Å². The van der Waals surface area contributed by atoms with Crippen LogP contribution in [0.3, 0.4) is 0 Å². The molecule has 11 rings (SSSR count). The summed E-state index contributed by atoms with van der Waals surface area (Å²) in [5, 5.41) is 12.4. The highest BCUT2D eigenvalue weighted by Crippen LogP contribution is 2.47. The van der Waals surface area contributed by atoms with E-state index in [0.717, 1.165) is 75.0 Å². The zero-order valence-electron chi connectivity index (χ0n) is 33.6. The number of hydrogen-bond acceptors (Lipinski definition) is 9. The van der Waals surface area contributed by atoms with Crippen LogP contribution >= 0.6 is 0 Å². The van der Waals surface area contributed by atoms with Crippen molar-refractivity contribution in [2.75, 3.05) is 50.8 Å². The van der Waals surface area contributed by atoms with Gasteiger partial charge in [-0.3, -0.25) is 39.2 Å². The van der Waals surface area contributed by atoms with Crippen molar-refractivity contribution in [1.29, 1.82) is 0 Å². The maximum atomic E-state index is 15.6. The molecule has 3 unspecified atom stereocenters. The average molecular weight is 812 g/mol. The summed E-state index contributed by atoms with van der Waals surface area (Å²) in [5.74, 6) is -0.633. The lowest BCUT2D eigenvalue weighted by Crippen LogP contribution is -2.69. The number of likely N-dealkylation sites (tertiary alicyclic amines) is 1. The number of amides is 4. The summed E-state index contributed by atoms with van der Waals surface area (Å²) in [6, 6.07) is 27.3. The number of halogens is 1. The van der Waals surface area contributed by atoms with Gasteiger partial charge in [-0.15, -0.1) is 0 Å². The lowest BCUT2D eigenvalue weighted by atomic mass is 9.69. The number of piperidine rings is 3. The number of ether oxygens (including phenoxy) is 1. The Morgan fingerprint density at radius 2 is 1.52 bits per heavy atom. The van der Waals surface area contributed by atoms with Gasteiger partial charge in [-0.2, -0.15) is 0 Å². The quantitative estimate of drug-likeness (QED) is 0.190. The number of fused-ring (bicyclic) bond motifs is 4. The number of hydrogen-bond donors (Lipinski definition) is 2. The zero-order valence-corrected chi connectivity index (χ0v) is 33.6. The Hall–Kier alpha value is -5.59. The fourth-order valence-corrected chi connectivity index (χ4v) is 10.9. The number of imide groups is 2. The van der Waals surface area contributed by atoms with E-state index in [1.54, 1.807) is 0 Å². The summed E-state index contributed by atoms with van der Waals surface area (Å²) in [5.41, 5.74) is 5.50. The van der Waals surface area contributed by atoms with E-state index >= 15 is 4.39 Å². The topological polar surface area (TPSA) is 123 Å². The van der Waals surface area contributed by atoms with Crippen LogP contribution in [0, 0.1) is 11.7 Å². The van der Waals surface area contributed by atoms with E-state index in [-0.39, 0.29) is 29.9 Å². The van der Waals surface area contributed by atoms with Gasteiger partial charge in [-0.1, -0.05) is 48.5 Å². The first-order valence-corrected chi connectivity index (χ1v) is 21.6. The normalized spacial score (nSPS) is 25.8. The number of phenols is 1. The van der Waals surface area contributed by atoms with E-state index in [1.165, 1.54) is 28.3 Å². The molecule has 4 aromatic rings. The Morgan fingerprint density at radius 3 is 2.25 bits per heavy atom. The maximum Gasteiger partial charge on any atom is 0.262 e. The third-order valence-electron chi connectivity index (χ3n) is 14.1. The molecule has 0 radical (unpaired) electrons. The third kappa shape index (κ3) is 7.13. The highest BCUT2D eigenvalue weighted by molar-refractivity contribution is 6.23. The Morgan fingerprint density at radius 1 is 0.783 bits per heavy atom. The second kappa shape index (κ2) is 15.8. The van der Waals surface area contributed by atoms with Crippen LogP contribution in [0.2, 0.25) is 0 Å². The fourth-order valence-electron chi connectivity index (χ4n) is 10.9. The van der Waals surface area contributed by atoms with Crippen LogP contribution in [0.25, 0.3) is 0 Å². The smallest absolute Gasteiger partial charge is 0.262 e. The number of nitrogens with one attached hydrogen (secondary N) is 1. The number of phenolic OH excluding ortho intramolecular Hbond substituents is 1. The highest BCUT2D eigenvalue weighted by Gasteiger charge is 2.48. The van der Waals surface area contributed by atoms with Gasteiger partial charge >= 0.3 is 0 Å². The number of anilines is 1. The molecule has 60 heavy (non-hydrogen) atoms. The van der Waals surface area contributed by atoms with E-state index in [1.807, 2.05) is 17.0 Å². The standard InChI is InChI=1S/C48H50FN5O6/c49-41-24-39-40(48(59)54(47(39)58)42-14-15-44(56)50-46(42)57)25-43(41)52-27-33-23-34(28-52)53(33)26-29-16-18-51(19-17-29)20-21-60-36-10-6-31(7-11-36)45-37(30-4-2-1-3-5-30)12-8-32-22-35(55)9-13-38(32)45/h1-7,9-11,13,22,24-25,29,33-34,37,42,45,55H,8,12,14-21,23,26-28H2,(H,50,56,57)/t33?,34?,37-,42?,45+/m1/s1. The molecule has 5 atom stereocenters. The fraction of sp³-hybridized carbons (Fsp3) is 0.417. The monoisotopic (exact) mass is 811 g/mol. The average Bonchev–Trinajstić information content (AvgIpc) is 3.50. The predicted octanol–water partition coefficient (Wildman–Crippen LogP) is 5.85. The number of rotatable bonds is 10. The molecule has 2 bridgehead atoms. The largest absolute Gasteiger partial charge is 0.508 e. The number of benzene rings is 4. The molecule has 0 aromatic heterocycles. The molecule has 4 aromatic carbocycles. The number of aryl methyl sites for hydroxylation is 1. The van der Waals surface area contributed by atoms with Crippen LogP contribution in [-0.2, 0) is 16.0 Å². The van der Waals surface area contributed by atoms with Crippen LogP contribution in [0.5, 0.6) is 11.5 Å². The van der Waals surface area contributed by atoms with Crippen LogP contribution in [0.1, 0.15) is 93.3 Å². The second-order valence-electron chi connectivity index (χ2n) is 17.6. The van der Waals surface area contributed by atoms with Crippen molar-refractivity contribution >= 4 is 29.3 Å². The molecule has 4 amide bonds.